The number of esters is 3. The van der Waals surface area contributed by atoms with Crippen LogP contribution in [0.2, 0.25) is 0 Å². The van der Waals surface area contributed by atoms with E-state index < -0.39 is 130 Å². The average molecular weight is 1510 g/mol. The number of fused-ring (bicyclic) bond motifs is 3. The number of anilines is 2. The van der Waals surface area contributed by atoms with Crippen LogP contribution in [0.4, 0.5) is 24.5 Å². The molecule has 0 saturated carbocycles. The van der Waals surface area contributed by atoms with Gasteiger partial charge in [0, 0.05) is 73.7 Å². The highest BCUT2D eigenvalue weighted by molar-refractivity contribution is 7.56. The Hall–Kier alpha value is -7.27. The number of ether oxygens (including phenoxy) is 7. The molecule has 0 spiro atoms. The molecule has 0 aromatic carbocycles. The van der Waals surface area contributed by atoms with E-state index in [1.54, 1.807) is 80.5 Å². The van der Waals surface area contributed by atoms with Crippen molar-refractivity contribution in [2.45, 2.75) is 194 Å². The lowest BCUT2D eigenvalue weighted by Gasteiger charge is -2.31. The van der Waals surface area contributed by atoms with Gasteiger partial charge in [-0.3, -0.25) is 41.8 Å². The summed E-state index contributed by atoms with van der Waals surface area (Å²) in [5.41, 5.74) is 17.3. The number of nitrogens with zero attached hydrogens (tertiary/aromatic N) is 11. The predicted octanol–water partition coefficient (Wildman–Crippen LogP) is 8.68. The van der Waals surface area contributed by atoms with E-state index in [9.17, 15) is 38.6 Å². The van der Waals surface area contributed by atoms with E-state index in [0.29, 0.717) is 57.0 Å². The lowest BCUT2D eigenvalue weighted by molar-refractivity contribution is -0.149. The molecule has 6 aromatic rings. The van der Waals surface area contributed by atoms with Crippen molar-refractivity contribution in [3.8, 4) is 17.9 Å². The molecule has 33 nitrogen and oxygen atoms in total. The highest BCUT2D eigenvalue weighted by atomic mass is 31.2. The number of methoxy groups -OCH3 is 1. The molecular formula is C64H95F3N17O16P3. The van der Waals surface area contributed by atoms with Gasteiger partial charge >= 0.3 is 17.9 Å². The normalized spacial score (nSPS) is 27.3. The van der Waals surface area contributed by atoms with Crippen LogP contribution in [0.25, 0.3) is 33.5 Å². The van der Waals surface area contributed by atoms with Crippen LogP contribution >= 0.6 is 22.6 Å². The Labute approximate surface area is 595 Å². The first-order chi connectivity index (χ1) is 48.2. The Morgan fingerprint density at radius 3 is 1.16 bits per heavy atom. The van der Waals surface area contributed by atoms with Gasteiger partial charge < -0.3 is 63.9 Å². The third-order valence-electron chi connectivity index (χ3n) is 17.6. The van der Waals surface area contributed by atoms with Gasteiger partial charge in [0.1, 0.15) is 40.4 Å². The number of hydrogen-bond donors (Lipinski definition) is 6. The smallest absolute Gasteiger partial charge is 0.323 e. The lowest BCUT2D eigenvalue weighted by Crippen LogP contribution is -2.40. The number of nitriles is 2. The molecule has 0 amide bonds. The SMILES string of the molecule is CC(C)OC(=O)[C@H](C)NP(C)(=O)OC[C@H]1O[C@@H](n2cnc3c(N)ccnc32)[C@H](F)C1(C)CC#N.CC(C)OC(=O)[C@H](C)NP(C)(=O)OC[C@H]1O[C@@H](n2cnc3c(N)ccnc32)[C@H](F)C1(C)CCN.COc1ccnc2c1ncn2[C@@H]1O[C@H](COP(C)(=O)N[C@@H](C)C(=O)OC(C)C)C(C)(CC#N)[C@H]1F. The van der Waals surface area contributed by atoms with Crippen molar-refractivity contribution in [1.82, 2.24) is 58.9 Å². The van der Waals surface area contributed by atoms with E-state index in [4.69, 9.17) is 63.9 Å². The van der Waals surface area contributed by atoms with Gasteiger partial charge in [0.15, 0.2) is 54.1 Å². The van der Waals surface area contributed by atoms with Gasteiger partial charge in [-0.05, 0) is 87.4 Å². The Balaban J connectivity index is 0.000000216. The fourth-order valence-corrected chi connectivity index (χ4v) is 15.8. The number of carbonyl (C=O) groups excluding carboxylic acids is 3. The molecule has 9 N–H and O–H groups in total. The van der Waals surface area contributed by atoms with Gasteiger partial charge in [0.2, 0.25) is 0 Å². The van der Waals surface area contributed by atoms with Gasteiger partial charge in [-0.15, -0.1) is 0 Å². The quantitative estimate of drug-likeness (QED) is 0.0145. The summed E-state index contributed by atoms with van der Waals surface area (Å²) in [5, 5.41) is 26.7. The second kappa shape index (κ2) is 34.3. The molecule has 0 radical (unpaired) electrons. The van der Waals surface area contributed by atoms with Crippen LogP contribution in [0.1, 0.15) is 121 Å². The van der Waals surface area contributed by atoms with Crippen molar-refractivity contribution in [2.75, 3.05) is 64.9 Å². The molecule has 6 unspecified atom stereocenters. The van der Waals surface area contributed by atoms with Crippen molar-refractivity contribution < 1.29 is 88.0 Å². The number of nitrogens with two attached hydrogens (primary N) is 3. The summed E-state index contributed by atoms with van der Waals surface area (Å²) in [4.78, 5) is 61.7. The zero-order valence-electron chi connectivity index (χ0n) is 60.5. The Bertz CT molecular complexity index is 4180. The van der Waals surface area contributed by atoms with Gasteiger partial charge in [-0.1, -0.05) is 20.8 Å². The molecule has 3 aliphatic rings. The number of halogens is 3. The summed E-state index contributed by atoms with van der Waals surface area (Å²) in [6.07, 6.45) is -2.90. The fraction of sp³-hybridized carbons (Fsp3) is 0.641. The molecule has 3 aliphatic heterocycles. The first kappa shape index (κ1) is 83.0. The zero-order chi connectivity index (χ0) is 76.5. The first-order valence-corrected chi connectivity index (χ1v) is 39.4. The highest BCUT2D eigenvalue weighted by Crippen LogP contribution is 2.54. The molecule has 9 heterocycles. The van der Waals surface area contributed by atoms with E-state index in [2.05, 4.69) is 45.2 Å². The van der Waals surface area contributed by atoms with Crippen LogP contribution < -0.4 is 37.2 Å². The van der Waals surface area contributed by atoms with Crippen molar-refractivity contribution in [3.63, 3.8) is 0 Å². The van der Waals surface area contributed by atoms with Crippen molar-refractivity contribution >= 4 is 85.3 Å². The predicted molar refractivity (Wildman–Crippen MR) is 373 cm³/mol. The second-order valence-corrected chi connectivity index (χ2v) is 33.8. The van der Waals surface area contributed by atoms with Gasteiger partial charge in [0.05, 0.1) is 106 Å². The number of carbonyl (C=O) groups is 3. The highest BCUT2D eigenvalue weighted by Gasteiger charge is 2.58. The largest absolute Gasteiger partial charge is 0.494 e. The summed E-state index contributed by atoms with van der Waals surface area (Å²) >= 11 is 0. The Morgan fingerprint density at radius 1 is 0.544 bits per heavy atom. The molecule has 3 saturated heterocycles. The molecule has 6 aromatic heterocycles. The molecule has 39 heteroatoms. The minimum atomic E-state index is -3.51. The second-order valence-electron chi connectivity index (χ2n) is 27.2. The Morgan fingerprint density at radius 2 is 0.845 bits per heavy atom. The van der Waals surface area contributed by atoms with Gasteiger partial charge in [-0.2, -0.15) is 10.5 Å². The summed E-state index contributed by atoms with van der Waals surface area (Å²) in [5.74, 6) is -1.22. The van der Waals surface area contributed by atoms with Crippen LogP contribution in [-0.4, -0.2) is 188 Å². The van der Waals surface area contributed by atoms with Gasteiger partial charge in [0.25, 0.3) is 22.6 Å². The van der Waals surface area contributed by atoms with Crippen LogP contribution in [0.15, 0.2) is 55.8 Å². The molecule has 9 rings (SSSR count). The zero-order valence-corrected chi connectivity index (χ0v) is 63.1. The maximum atomic E-state index is 15.8. The van der Waals surface area contributed by atoms with E-state index in [0.717, 1.165) is 0 Å². The minimum absolute atomic E-state index is 0.166. The third-order valence-corrected chi connectivity index (χ3v) is 22.1. The van der Waals surface area contributed by atoms with Crippen molar-refractivity contribution in [2.24, 2.45) is 22.0 Å². The first-order valence-electron chi connectivity index (χ1n) is 33.1. The molecular weight excluding hydrogens is 1410 g/mol. The number of imidazole rings is 3. The summed E-state index contributed by atoms with van der Waals surface area (Å²) in [6.45, 7) is 23.2. The van der Waals surface area contributed by atoms with E-state index in [1.165, 1.54) is 99.1 Å². The molecule has 103 heavy (non-hydrogen) atoms. The maximum absolute atomic E-state index is 15.8. The summed E-state index contributed by atoms with van der Waals surface area (Å²) < 4.78 is 146. The van der Waals surface area contributed by atoms with E-state index in [1.807, 2.05) is 12.1 Å². The standard InChI is InChI=1S/C22H31FN5O6P.C21H34FN6O5P.C21H30FN6O5P/c1-13(2)33-21(29)14(3)27-35(6,30)32-11-16-22(4,8-9-24)18(23)20(34-16)28-12-26-17-15(31-5)7-10-25-19(17)28;2*1-12(2)32-20(29)13(3)27-34(5,30)31-10-15-21(4,7-8-23)17(22)19(33-15)28-11-26-16-14(24)6-9-25-18(16)28/h7,10,12-14,16,18,20H,8,11H2,1-6H3,(H,27,30);6,9,11-13,15,17,19H,7-8,10,23H2,1-5H3,(H2,24,25)(H,27,30);6,9,11-13,15,17,19H,7,10H2,1-5H3,(H2,24,25)(H,27,30)/t14-,16+,18-,20+,22?,35?;2*13-,15+,17-,19+,21?,34?/m000/s1. The number of rotatable bonds is 29. The molecule has 3 fully saturated rings. The molecule has 0 aliphatic carbocycles. The van der Waals surface area contributed by atoms with Crippen LogP contribution in [-0.2, 0) is 70.1 Å². The third kappa shape index (κ3) is 19.4. The van der Waals surface area contributed by atoms with Crippen molar-refractivity contribution in [3.05, 3.63) is 55.8 Å². The van der Waals surface area contributed by atoms with Crippen LogP contribution in [0, 0.1) is 38.9 Å². The Kier molecular flexibility index (Phi) is 27.7. The van der Waals surface area contributed by atoms with Crippen LogP contribution in [0.5, 0.6) is 5.75 Å². The number of alkyl halides is 3. The summed E-state index contributed by atoms with van der Waals surface area (Å²) in [6, 6.07) is 6.23. The average Bonchev–Trinajstić information content (AvgIpc) is 1.61. The number of pyridine rings is 3. The minimum Gasteiger partial charge on any atom is -0.494 e. The molecule has 568 valence electrons. The van der Waals surface area contributed by atoms with Crippen molar-refractivity contribution in [1.29, 1.82) is 10.5 Å². The number of hydrogen-bond acceptors (Lipinski definition) is 27. The molecule has 0 bridgehead atoms. The summed E-state index contributed by atoms with van der Waals surface area (Å²) in [7, 11) is -8.97. The number of aromatic nitrogens is 9. The number of nitrogens with one attached hydrogen (secondary N) is 3. The number of nitrogen functional groups attached to an aromatic ring is 2. The fourth-order valence-electron chi connectivity index (χ4n) is 11.9. The van der Waals surface area contributed by atoms with Gasteiger partial charge in [-0.25, -0.2) is 58.3 Å². The molecule has 18 atom stereocenters. The maximum Gasteiger partial charge on any atom is 0.323 e. The van der Waals surface area contributed by atoms with E-state index >= 15 is 13.2 Å². The van der Waals surface area contributed by atoms with E-state index in [-0.39, 0.29) is 57.5 Å². The lowest BCUT2D eigenvalue weighted by atomic mass is 9.78. The topological polar surface area (TPSA) is 449 Å². The monoisotopic (exact) mass is 1510 g/mol. The van der Waals surface area contributed by atoms with Crippen LogP contribution in [0.3, 0.4) is 0 Å².